The van der Waals surface area contributed by atoms with Crippen molar-refractivity contribution in [2.45, 2.75) is 32.7 Å². The predicted molar refractivity (Wildman–Crippen MR) is 97.5 cm³/mol. The number of carbonyl (C=O) groups excluding carboxylic acids is 1. The largest absolute Gasteiger partial charge is 0.349 e. The SMILES string of the molecule is Cc1cc(-c2cccc(F)c2C#N)nc2c(C(=O)NC(C)C3CC3)cnn12. The van der Waals surface area contributed by atoms with E-state index in [1.807, 2.05) is 19.9 Å². The highest BCUT2D eigenvalue weighted by Gasteiger charge is 2.30. The van der Waals surface area contributed by atoms with E-state index in [0.29, 0.717) is 28.4 Å². The molecular weight excluding hydrogens is 345 g/mol. The van der Waals surface area contributed by atoms with Crippen LogP contribution < -0.4 is 5.32 Å². The molecule has 2 heterocycles. The minimum Gasteiger partial charge on any atom is -0.349 e. The Morgan fingerprint density at radius 1 is 1.44 bits per heavy atom. The normalized spacial score (nSPS) is 14.7. The summed E-state index contributed by atoms with van der Waals surface area (Å²) in [6.07, 6.45) is 3.76. The average molecular weight is 363 g/mol. The standard InChI is InChI=1S/C20H18FN5O/c1-11-8-18(14-4-3-5-17(21)15(14)9-22)25-19-16(10-23-26(11)19)20(27)24-12(2)13-6-7-13/h3-5,8,10,12-13H,6-7H2,1-2H3,(H,24,27). The minimum absolute atomic E-state index is 0.0679. The van der Waals surface area contributed by atoms with Crippen molar-refractivity contribution >= 4 is 11.6 Å². The van der Waals surface area contributed by atoms with Gasteiger partial charge < -0.3 is 5.32 Å². The molecule has 1 saturated carbocycles. The van der Waals surface area contributed by atoms with Crippen molar-refractivity contribution in [1.29, 1.82) is 5.26 Å². The number of hydrogen-bond acceptors (Lipinski definition) is 4. The van der Waals surface area contributed by atoms with Crippen molar-refractivity contribution in [1.82, 2.24) is 19.9 Å². The Bertz CT molecular complexity index is 1090. The molecule has 7 heteroatoms. The lowest BCUT2D eigenvalue weighted by Gasteiger charge is -2.12. The molecule has 6 nitrogen and oxygen atoms in total. The van der Waals surface area contributed by atoms with Crippen LogP contribution in [0.25, 0.3) is 16.9 Å². The molecule has 0 bridgehead atoms. The van der Waals surface area contributed by atoms with E-state index in [1.54, 1.807) is 16.6 Å². The zero-order valence-corrected chi connectivity index (χ0v) is 15.0. The summed E-state index contributed by atoms with van der Waals surface area (Å²) in [7, 11) is 0. The first kappa shape index (κ1) is 17.2. The summed E-state index contributed by atoms with van der Waals surface area (Å²) in [6, 6.07) is 8.14. The molecule has 0 radical (unpaired) electrons. The molecule has 136 valence electrons. The highest BCUT2D eigenvalue weighted by molar-refractivity contribution is 6.00. The van der Waals surface area contributed by atoms with E-state index >= 15 is 0 Å². The lowest BCUT2D eigenvalue weighted by Crippen LogP contribution is -2.34. The number of aryl methyl sites for hydroxylation is 1. The van der Waals surface area contributed by atoms with Crippen molar-refractivity contribution in [3.8, 4) is 17.3 Å². The maximum Gasteiger partial charge on any atom is 0.256 e. The van der Waals surface area contributed by atoms with E-state index in [1.165, 1.54) is 18.3 Å². The van der Waals surface area contributed by atoms with Gasteiger partial charge in [-0.25, -0.2) is 13.9 Å². The van der Waals surface area contributed by atoms with E-state index in [9.17, 15) is 14.4 Å². The molecular formula is C20H18FN5O. The maximum atomic E-state index is 14.0. The number of nitrogens with one attached hydrogen (secondary N) is 1. The molecule has 1 aromatic carbocycles. The first-order chi connectivity index (χ1) is 13.0. The molecule has 1 amide bonds. The Labute approximate surface area is 155 Å². The Morgan fingerprint density at radius 3 is 2.93 bits per heavy atom. The van der Waals surface area contributed by atoms with Crippen LogP contribution in [0.4, 0.5) is 4.39 Å². The molecule has 27 heavy (non-hydrogen) atoms. The zero-order chi connectivity index (χ0) is 19.1. The summed E-state index contributed by atoms with van der Waals surface area (Å²) >= 11 is 0. The quantitative estimate of drug-likeness (QED) is 0.771. The fraction of sp³-hybridized carbons (Fsp3) is 0.300. The third-order valence-corrected chi connectivity index (χ3v) is 4.98. The number of benzene rings is 1. The number of hydrogen-bond donors (Lipinski definition) is 1. The van der Waals surface area contributed by atoms with E-state index in [-0.39, 0.29) is 17.5 Å². The van der Waals surface area contributed by atoms with Crippen molar-refractivity contribution < 1.29 is 9.18 Å². The number of amides is 1. The van der Waals surface area contributed by atoms with Crippen LogP contribution in [0.15, 0.2) is 30.5 Å². The number of nitriles is 1. The zero-order valence-electron chi connectivity index (χ0n) is 15.0. The van der Waals surface area contributed by atoms with Gasteiger partial charge in [0.25, 0.3) is 5.91 Å². The van der Waals surface area contributed by atoms with Gasteiger partial charge in [0.1, 0.15) is 17.4 Å². The van der Waals surface area contributed by atoms with Crippen LogP contribution in [0.1, 0.15) is 41.4 Å². The molecule has 1 aliphatic rings. The van der Waals surface area contributed by atoms with Crippen molar-refractivity contribution in [2.75, 3.05) is 0 Å². The van der Waals surface area contributed by atoms with E-state index in [4.69, 9.17) is 0 Å². The fourth-order valence-electron chi connectivity index (χ4n) is 3.26. The lowest BCUT2D eigenvalue weighted by molar-refractivity contribution is 0.0937. The van der Waals surface area contributed by atoms with Gasteiger partial charge in [-0.2, -0.15) is 10.4 Å². The molecule has 2 aromatic heterocycles. The lowest BCUT2D eigenvalue weighted by atomic mass is 10.0. The van der Waals surface area contributed by atoms with Crippen LogP contribution in [-0.4, -0.2) is 26.5 Å². The van der Waals surface area contributed by atoms with Gasteiger partial charge in [-0.1, -0.05) is 12.1 Å². The Morgan fingerprint density at radius 2 is 2.22 bits per heavy atom. The molecule has 4 rings (SSSR count). The van der Waals surface area contributed by atoms with Gasteiger partial charge >= 0.3 is 0 Å². The molecule has 1 atom stereocenters. The molecule has 3 aromatic rings. The summed E-state index contributed by atoms with van der Waals surface area (Å²) < 4.78 is 15.6. The fourth-order valence-corrected chi connectivity index (χ4v) is 3.26. The number of halogens is 1. The third-order valence-electron chi connectivity index (χ3n) is 4.98. The van der Waals surface area contributed by atoms with Crippen molar-refractivity contribution in [3.63, 3.8) is 0 Å². The van der Waals surface area contributed by atoms with Gasteiger partial charge in [0.15, 0.2) is 5.65 Å². The van der Waals surface area contributed by atoms with Crippen molar-refractivity contribution in [3.05, 3.63) is 53.1 Å². The summed E-state index contributed by atoms with van der Waals surface area (Å²) in [5.74, 6) is -0.293. The van der Waals surface area contributed by atoms with Crippen LogP contribution in [0.5, 0.6) is 0 Å². The van der Waals surface area contributed by atoms with E-state index in [2.05, 4.69) is 15.4 Å². The average Bonchev–Trinajstić information content (AvgIpc) is 3.40. The minimum atomic E-state index is -0.598. The van der Waals surface area contributed by atoms with Gasteiger partial charge in [0.2, 0.25) is 0 Å². The van der Waals surface area contributed by atoms with Gasteiger partial charge in [-0.05, 0) is 44.7 Å². The van der Waals surface area contributed by atoms with Crippen LogP contribution in [0, 0.1) is 30.0 Å². The predicted octanol–water partition coefficient (Wildman–Crippen LogP) is 3.24. The van der Waals surface area contributed by atoms with Gasteiger partial charge in [-0.15, -0.1) is 0 Å². The molecule has 0 spiro atoms. The molecule has 1 N–H and O–H groups in total. The van der Waals surface area contributed by atoms with Crippen LogP contribution in [0.2, 0.25) is 0 Å². The number of nitrogens with zero attached hydrogens (tertiary/aromatic N) is 4. The summed E-state index contributed by atoms with van der Waals surface area (Å²) in [5, 5.41) is 16.6. The first-order valence-corrected chi connectivity index (χ1v) is 8.85. The maximum absolute atomic E-state index is 14.0. The number of aromatic nitrogens is 3. The molecule has 0 saturated heterocycles. The molecule has 0 aliphatic heterocycles. The van der Waals surface area contributed by atoms with Crippen LogP contribution >= 0.6 is 0 Å². The van der Waals surface area contributed by atoms with Crippen LogP contribution in [0.3, 0.4) is 0 Å². The Kier molecular flexibility index (Phi) is 4.11. The molecule has 1 aliphatic carbocycles. The third kappa shape index (κ3) is 3.04. The summed E-state index contributed by atoms with van der Waals surface area (Å²) in [4.78, 5) is 17.2. The monoisotopic (exact) mass is 363 g/mol. The molecule has 1 unspecified atom stereocenters. The molecule has 1 fully saturated rings. The number of carbonyl (C=O) groups is 1. The number of rotatable bonds is 4. The Balaban J connectivity index is 1.80. The highest BCUT2D eigenvalue weighted by atomic mass is 19.1. The second-order valence-electron chi connectivity index (χ2n) is 6.95. The smallest absolute Gasteiger partial charge is 0.256 e. The first-order valence-electron chi connectivity index (χ1n) is 8.85. The number of fused-ring (bicyclic) bond motifs is 1. The Hall–Kier alpha value is -3.27. The van der Waals surface area contributed by atoms with Crippen LogP contribution in [-0.2, 0) is 0 Å². The van der Waals surface area contributed by atoms with Gasteiger partial charge in [0, 0.05) is 17.3 Å². The summed E-state index contributed by atoms with van der Waals surface area (Å²) in [5.41, 5.74) is 2.24. The topological polar surface area (TPSA) is 83.1 Å². The highest BCUT2D eigenvalue weighted by Crippen LogP contribution is 2.32. The van der Waals surface area contributed by atoms with E-state index < -0.39 is 5.82 Å². The second kappa shape index (κ2) is 6.47. The van der Waals surface area contributed by atoms with Gasteiger partial charge in [-0.3, -0.25) is 4.79 Å². The van der Waals surface area contributed by atoms with E-state index in [0.717, 1.165) is 18.5 Å². The summed E-state index contributed by atoms with van der Waals surface area (Å²) in [6.45, 7) is 3.82. The van der Waals surface area contributed by atoms with Crippen molar-refractivity contribution in [2.24, 2.45) is 5.92 Å². The second-order valence-corrected chi connectivity index (χ2v) is 6.95. The van der Waals surface area contributed by atoms with Gasteiger partial charge in [0.05, 0.1) is 17.5 Å².